The van der Waals surface area contributed by atoms with Crippen LogP contribution < -0.4 is 5.56 Å². The first-order valence-electron chi connectivity index (χ1n) is 10.0. The smallest absolute Gasteiger partial charge is 0.266 e. The zero-order chi connectivity index (χ0) is 20.5. The molecule has 0 spiro atoms. The fourth-order valence-corrected chi connectivity index (χ4v) is 4.79. The molecular formula is C23H25N3O2S. The van der Waals surface area contributed by atoms with Crippen LogP contribution in [0, 0.1) is 13.8 Å². The Morgan fingerprint density at radius 3 is 2.55 bits per heavy atom. The van der Waals surface area contributed by atoms with Gasteiger partial charge >= 0.3 is 0 Å². The van der Waals surface area contributed by atoms with Crippen molar-refractivity contribution in [2.24, 2.45) is 0 Å². The molecule has 0 radical (unpaired) electrons. The number of rotatable bonds is 4. The number of carbonyl (C=O) groups excluding carboxylic acids is 1. The monoisotopic (exact) mass is 407 g/mol. The highest BCUT2D eigenvalue weighted by molar-refractivity contribution is 8.00. The molecule has 3 aromatic rings. The minimum atomic E-state index is -0.308. The minimum absolute atomic E-state index is 0.104. The third kappa shape index (κ3) is 3.69. The number of aryl methyl sites for hydroxylation is 1. The number of fused-ring (bicyclic) bond motifs is 1. The largest absolute Gasteiger partial charge is 0.342 e. The number of hydrogen-bond donors (Lipinski definition) is 0. The Labute approximate surface area is 174 Å². The molecule has 1 aliphatic heterocycles. The molecule has 0 aliphatic carbocycles. The molecule has 150 valence electrons. The highest BCUT2D eigenvalue weighted by Gasteiger charge is 2.26. The number of thioether (sulfide) groups is 1. The lowest BCUT2D eigenvalue weighted by atomic mass is 10.1. The van der Waals surface area contributed by atoms with Crippen molar-refractivity contribution in [1.82, 2.24) is 14.5 Å². The van der Waals surface area contributed by atoms with Gasteiger partial charge in [-0.25, -0.2) is 4.98 Å². The van der Waals surface area contributed by atoms with Crippen molar-refractivity contribution >= 4 is 28.6 Å². The molecule has 4 rings (SSSR count). The van der Waals surface area contributed by atoms with Gasteiger partial charge in [-0.2, -0.15) is 0 Å². The number of carbonyl (C=O) groups is 1. The van der Waals surface area contributed by atoms with E-state index in [0.29, 0.717) is 16.1 Å². The molecule has 0 bridgehead atoms. The Morgan fingerprint density at radius 1 is 1.07 bits per heavy atom. The van der Waals surface area contributed by atoms with Crippen molar-refractivity contribution in [3.63, 3.8) is 0 Å². The zero-order valence-corrected chi connectivity index (χ0v) is 17.8. The van der Waals surface area contributed by atoms with Gasteiger partial charge in [0.05, 0.1) is 21.8 Å². The molecule has 0 N–H and O–H groups in total. The van der Waals surface area contributed by atoms with E-state index in [-0.39, 0.29) is 16.7 Å². The summed E-state index contributed by atoms with van der Waals surface area (Å²) in [6, 6.07) is 13.3. The molecule has 2 aromatic carbocycles. The summed E-state index contributed by atoms with van der Waals surface area (Å²) in [5, 5.41) is 0.830. The summed E-state index contributed by atoms with van der Waals surface area (Å²) in [5.74, 6) is 0.113. The molecule has 1 atom stereocenters. The maximum absolute atomic E-state index is 13.4. The van der Waals surface area contributed by atoms with Crippen molar-refractivity contribution in [2.45, 2.75) is 44.0 Å². The highest BCUT2D eigenvalue weighted by atomic mass is 32.2. The second kappa shape index (κ2) is 8.03. The van der Waals surface area contributed by atoms with E-state index in [2.05, 4.69) is 0 Å². The van der Waals surface area contributed by atoms with Gasteiger partial charge in [0.1, 0.15) is 0 Å². The van der Waals surface area contributed by atoms with Gasteiger partial charge in [0, 0.05) is 13.1 Å². The number of amides is 1. The predicted octanol–water partition coefficient (Wildman–Crippen LogP) is 4.11. The summed E-state index contributed by atoms with van der Waals surface area (Å²) in [7, 11) is 0. The first-order chi connectivity index (χ1) is 14.0. The topological polar surface area (TPSA) is 55.2 Å². The highest BCUT2D eigenvalue weighted by Crippen LogP contribution is 2.28. The van der Waals surface area contributed by atoms with Crippen LogP contribution in [0.4, 0.5) is 0 Å². The lowest BCUT2D eigenvalue weighted by molar-refractivity contribution is -0.129. The second-order valence-electron chi connectivity index (χ2n) is 7.56. The van der Waals surface area contributed by atoms with Crippen LogP contribution in [-0.4, -0.2) is 38.7 Å². The number of aromatic nitrogens is 2. The van der Waals surface area contributed by atoms with Crippen molar-refractivity contribution in [3.8, 4) is 5.69 Å². The minimum Gasteiger partial charge on any atom is -0.342 e. The van der Waals surface area contributed by atoms with Gasteiger partial charge in [0.25, 0.3) is 5.56 Å². The molecular weight excluding hydrogens is 382 g/mol. The average Bonchev–Trinajstić information content (AvgIpc) is 3.25. The molecule has 5 nitrogen and oxygen atoms in total. The lowest BCUT2D eigenvalue weighted by Gasteiger charge is -2.21. The van der Waals surface area contributed by atoms with E-state index >= 15 is 0 Å². The molecule has 29 heavy (non-hydrogen) atoms. The SMILES string of the molecule is Cc1cccc(-n2c(SC(C)C(=O)N3CCCC3)nc3ccccc3c2=O)c1C. The number of benzene rings is 2. The van der Waals surface area contributed by atoms with Gasteiger partial charge in [-0.3, -0.25) is 14.2 Å². The quantitative estimate of drug-likeness (QED) is 0.483. The van der Waals surface area contributed by atoms with Gasteiger partial charge in [0.15, 0.2) is 5.16 Å². The molecule has 0 saturated carbocycles. The third-order valence-corrected chi connectivity index (χ3v) is 6.65. The number of likely N-dealkylation sites (tertiary alicyclic amines) is 1. The first kappa shape index (κ1) is 19.7. The van der Waals surface area contributed by atoms with Gasteiger partial charge in [-0.05, 0) is 62.9 Å². The van der Waals surface area contributed by atoms with Crippen LogP contribution in [0.15, 0.2) is 52.4 Å². The number of hydrogen-bond acceptors (Lipinski definition) is 4. The van der Waals surface area contributed by atoms with Crippen molar-refractivity contribution < 1.29 is 4.79 Å². The average molecular weight is 408 g/mol. The van der Waals surface area contributed by atoms with Crippen LogP contribution in [0.2, 0.25) is 0 Å². The summed E-state index contributed by atoms with van der Waals surface area (Å²) in [6.07, 6.45) is 2.12. The van der Waals surface area contributed by atoms with Gasteiger partial charge < -0.3 is 4.90 Å². The van der Waals surface area contributed by atoms with Crippen molar-refractivity contribution in [2.75, 3.05) is 13.1 Å². The van der Waals surface area contributed by atoms with Gasteiger partial charge in [-0.1, -0.05) is 36.0 Å². The Balaban J connectivity index is 1.84. The van der Waals surface area contributed by atoms with Crippen LogP contribution in [0.5, 0.6) is 0 Å². The van der Waals surface area contributed by atoms with E-state index in [9.17, 15) is 9.59 Å². The van der Waals surface area contributed by atoms with Gasteiger partial charge in [0.2, 0.25) is 5.91 Å². The predicted molar refractivity (Wildman–Crippen MR) is 118 cm³/mol. The Morgan fingerprint density at radius 2 is 1.79 bits per heavy atom. The second-order valence-corrected chi connectivity index (χ2v) is 8.87. The van der Waals surface area contributed by atoms with Gasteiger partial charge in [-0.15, -0.1) is 0 Å². The molecule has 1 aromatic heterocycles. The summed E-state index contributed by atoms with van der Waals surface area (Å²) < 4.78 is 1.67. The first-order valence-corrected chi connectivity index (χ1v) is 10.9. The van der Waals surface area contributed by atoms with E-state index in [1.807, 2.05) is 62.1 Å². The fourth-order valence-electron chi connectivity index (χ4n) is 3.78. The summed E-state index contributed by atoms with van der Waals surface area (Å²) in [6.45, 7) is 7.59. The molecule has 1 saturated heterocycles. The van der Waals surface area contributed by atoms with E-state index in [0.717, 1.165) is 42.7 Å². The summed E-state index contributed by atoms with van der Waals surface area (Å²) in [4.78, 5) is 33.0. The third-order valence-electron chi connectivity index (χ3n) is 5.61. The molecule has 6 heteroatoms. The molecule has 1 aliphatic rings. The number of para-hydroxylation sites is 1. The van der Waals surface area contributed by atoms with Crippen molar-refractivity contribution in [3.05, 3.63) is 63.9 Å². The van der Waals surface area contributed by atoms with E-state index in [4.69, 9.17) is 4.98 Å². The van der Waals surface area contributed by atoms with Crippen molar-refractivity contribution in [1.29, 1.82) is 0 Å². The summed E-state index contributed by atoms with van der Waals surface area (Å²) >= 11 is 1.36. The fraction of sp³-hybridized carbons (Fsp3) is 0.348. The molecule has 1 fully saturated rings. The number of nitrogens with zero attached hydrogens (tertiary/aromatic N) is 3. The molecule has 1 amide bonds. The Kier molecular flexibility index (Phi) is 5.46. The van der Waals surface area contributed by atoms with E-state index < -0.39 is 0 Å². The maximum atomic E-state index is 13.4. The van der Waals surface area contributed by atoms with E-state index in [1.165, 1.54) is 11.8 Å². The Bertz CT molecular complexity index is 1130. The van der Waals surface area contributed by atoms with Crippen LogP contribution in [-0.2, 0) is 4.79 Å². The van der Waals surface area contributed by atoms with Crippen LogP contribution in [0.3, 0.4) is 0 Å². The van der Waals surface area contributed by atoms with Crippen LogP contribution >= 0.6 is 11.8 Å². The Hall–Kier alpha value is -2.60. The molecule has 2 heterocycles. The maximum Gasteiger partial charge on any atom is 0.266 e. The lowest BCUT2D eigenvalue weighted by Crippen LogP contribution is -2.34. The van der Waals surface area contributed by atoms with Crippen LogP contribution in [0.1, 0.15) is 30.9 Å². The zero-order valence-electron chi connectivity index (χ0n) is 17.0. The standard InChI is InChI=1S/C23H25N3O2S/c1-15-9-8-12-20(16(15)2)26-22(28)18-10-4-5-11-19(18)24-23(26)29-17(3)21(27)25-13-6-7-14-25/h4-5,8-12,17H,6-7,13-14H2,1-3H3. The van der Waals surface area contributed by atoms with E-state index in [1.54, 1.807) is 10.6 Å². The van der Waals surface area contributed by atoms with Crippen LogP contribution in [0.25, 0.3) is 16.6 Å². The normalized spacial score (nSPS) is 15.1. The molecule has 1 unspecified atom stereocenters. The summed E-state index contributed by atoms with van der Waals surface area (Å²) in [5.41, 5.74) is 3.51.